The molecular formula is C12H15NO3. The minimum atomic E-state index is -1.14. The molecule has 4 N–H and O–H groups in total. The molecule has 0 saturated heterocycles. The molecule has 0 bridgehead atoms. The van der Waals surface area contributed by atoms with Crippen molar-refractivity contribution >= 4 is 5.97 Å². The van der Waals surface area contributed by atoms with Gasteiger partial charge < -0.3 is 15.9 Å². The Morgan fingerprint density at radius 2 is 1.88 bits per heavy atom. The summed E-state index contributed by atoms with van der Waals surface area (Å²) in [6, 6.07) is 8.12. The molecule has 0 heterocycles. The average Bonchev–Trinajstić information content (AvgIpc) is 2.26. The fourth-order valence-electron chi connectivity index (χ4n) is 1.49. The number of carboxylic acids is 1. The molecule has 4 heteroatoms. The van der Waals surface area contributed by atoms with Crippen LogP contribution in [0.15, 0.2) is 42.7 Å². The summed E-state index contributed by atoms with van der Waals surface area (Å²) in [4.78, 5) is 10.8. The van der Waals surface area contributed by atoms with Crippen molar-refractivity contribution in [1.29, 1.82) is 0 Å². The lowest BCUT2D eigenvalue weighted by Crippen LogP contribution is -2.39. The minimum absolute atomic E-state index is 0.196. The van der Waals surface area contributed by atoms with Crippen molar-refractivity contribution in [3.63, 3.8) is 0 Å². The summed E-state index contributed by atoms with van der Waals surface area (Å²) in [5.74, 6) is -2.00. The molecule has 1 rings (SSSR count). The minimum Gasteiger partial charge on any atom is -0.513 e. The number of carbonyl (C=O) groups is 1. The van der Waals surface area contributed by atoms with Crippen LogP contribution in [0.3, 0.4) is 0 Å². The summed E-state index contributed by atoms with van der Waals surface area (Å²) in [5.41, 5.74) is 6.41. The lowest BCUT2D eigenvalue weighted by atomic mass is 9.91. The van der Waals surface area contributed by atoms with Gasteiger partial charge in [0, 0.05) is 5.92 Å². The molecule has 0 aliphatic carbocycles. The monoisotopic (exact) mass is 221 g/mol. The fraction of sp³-hybridized carbons (Fsp3) is 0.250. The number of rotatable bonds is 5. The summed E-state index contributed by atoms with van der Waals surface area (Å²) in [7, 11) is 0. The van der Waals surface area contributed by atoms with Gasteiger partial charge in [0.2, 0.25) is 0 Å². The van der Waals surface area contributed by atoms with Crippen LogP contribution in [0, 0.1) is 5.92 Å². The predicted octanol–water partition coefficient (Wildman–Crippen LogP) is 1.33. The van der Waals surface area contributed by atoms with Crippen molar-refractivity contribution in [2.45, 2.75) is 12.5 Å². The number of hydrogen-bond donors (Lipinski definition) is 3. The van der Waals surface area contributed by atoms with Gasteiger partial charge in [0.05, 0.1) is 5.76 Å². The summed E-state index contributed by atoms with van der Waals surface area (Å²) in [6.07, 6.45) is 0.365. The fourth-order valence-corrected chi connectivity index (χ4v) is 1.49. The van der Waals surface area contributed by atoms with Crippen molar-refractivity contribution < 1.29 is 15.0 Å². The smallest absolute Gasteiger partial charge is 0.321 e. The van der Waals surface area contributed by atoms with Crippen LogP contribution in [-0.2, 0) is 11.2 Å². The summed E-state index contributed by atoms with van der Waals surface area (Å²) in [6.45, 7) is 3.37. The van der Waals surface area contributed by atoms with Gasteiger partial charge in [-0.2, -0.15) is 0 Å². The molecule has 0 aliphatic heterocycles. The van der Waals surface area contributed by atoms with E-state index in [2.05, 4.69) is 6.58 Å². The first-order valence-electron chi connectivity index (χ1n) is 4.92. The molecule has 0 saturated carbocycles. The van der Waals surface area contributed by atoms with Gasteiger partial charge in [0.15, 0.2) is 0 Å². The SMILES string of the molecule is C=C(O)C(Cc1ccccc1)C(N)C(=O)O. The number of aliphatic carboxylic acids is 1. The quantitative estimate of drug-likeness (QED) is 0.655. The van der Waals surface area contributed by atoms with E-state index in [0.29, 0.717) is 6.42 Å². The van der Waals surface area contributed by atoms with Crippen molar-refractivity contribution in [2.24, 2.45) is 11.7 Å². The van der Waals surface area contributed by atoms with Crippen LogP contribution in [0.2, 0.25) is 0 Å². The molecule has 2 unspecified atom stereocenters. The lowest BCUT2D eigenvalue weighted by Gasteiger charge is -2.19. The third-order valence-corrected chi connectivity index (χ3v) is 2.45. The van der Waals surface area contributed by atoms with Crippen molar-refractivity contribution in [1.82, 2.24) is 0 Å². The van der Waals surface area contributed by atoms with E-state index >= 15 is 0 Å². The topological polar surface area (TPSA) is 83.5 Å². The highest BCUT2D eigenvalue weighted by Crippen LogP contribution is 2.17. The molecule has 86 valence electrons. The number of aliphatic hydroxyl groups is 1. The molecule has 4 nitrogen and oxygen atoms in total. The number of carboxylic acid groups (broad SMARTS) is 1. The van der Waals surface area contributed by atoms with Crippen LogP contribution in [0.5, 0.6) is 0 Å². The Balaban J connectivity index is 2.81. The van der Waals surface area contributed by atoms with Crippen LogP contribution in [0.1, 0.15) is 5.56 Å². The number of aliphatic hydroxyl groups excluding tert-OH is 1. The number of nitrogens with two attached hydrogens (primary N) is 1. The largest absolute Gasteiger partial charge is 0.513 e. The Kier molecular flexibility index (Phi) is 4.08. The second-order valence-corrected chi connectivity index (χ2v) is 3.65. The van der Waals surface area contributed by atoms with E-state index in [1.165, 1.54) is 0 Å². The van der Waals surface area contributed by atoms with Gasteiger partial charge in [-0.05, 0) is 12.0 Å². The number of benzene rings is 1. The predicted molar refractivity (Wildman–Crippen MR) is 61.0 cm³/mol. The van der Waals surface area contributed by atoms with E-state index in [1.54, 1.807) is 0 Å². The van der Waals surface area contributed by atoms with Crippen LogP contribution in [0.25, 0.3) is 0 Å². The molecule has 0 aromatic heterocycles. The Hall–Kier alpha value is -1.81. The highest BCUT2D eigenvalue weighted by atomic mass is 16.4. The maximum Gasteiger partial charge on any atom is 0.321 e. The van der Waals surface area contributed by atoms with Crippen molar-refractivity contribution in [3.8, 4) is 0 Å². The van der Waals surface area contributed by atoms with E-state index in [0.717, 1.165) is 5.56 Å². The zero-order chi connectivity index (χ0) is 12.1. The van der Waals surface area contributed by atoms with E-state index in [-0.39, 0.29) is 5.76 Å². The third-order valence-electron chi connectivity index (χ3n) is 2.45. The van der Waals surface area contributed by atoms with E-state index in [1.807, 2.05) is 30.3 Å². The first-order valence-corrected chi connectivity index (χ1v) is 4.92. The van der Waals surface area contributed by atoms with Crippen LogP contribution in [0.4, 0.5) is 0 Å². The molecule has 0 amide bonds. The first kappa shape index (κ1) is 12.3. The van der Waals surface area contributed by atoms with Gasteiger partial charge in [0.25, 0.3) is 0 Å². The van der Waals surface area contributed by atoms with E-state index in [9.17, 15) is 9.90 Å². The maximum absolute atomic E-state index is 10.8. The average molecular weight is 221 g/mol. The molecule has 0 aliphatic rings. The zero-order valence-electron chi connectivity index (χ0n) is 8.84. The second-order valence-electron chi connectivity index (χ2n) is 3.65. The van der Waals surface area contributed by atoms with E-state index < -0.39 is 17.9 Å². The van der Waals surface area contributed by atoms with Crippen molar-refractivity contribution in [2.75, 3.05) is 0 Å². The molecule has 0 spiro atoms. The molecule has 1 aromatic rings. The van der Waals surface area contributed by atoms with Gasteiger partial charge in [-0.1, -0.05) is 36.9 Å². The molecular weight excluding hydrogens is 206 g/mol. The highest BCUT2D eigenvalue weighted by molar-refractivity contribution is 5.74. The normalized spacial score (nSPS) is 14.1. The van der Waals surface area contributed by atoms with Gasteiger partial charge in [-0.25, -0.2) is 0 Å². The maximum atomic E-state index is 10.8. The van der Waals surface area contributed by atoms with Gasteiger partial charge in [-0.3, -0.25) is 4.79 Å². The third kappa shape index (κ3) is 3.10. The zero-order valence-corrected chi connectivity index (χ0v) is 8.84. The Labute approximate surface area is 94.0 Å². The Morgan fingerprint density at radius 1 is 1.31 bits per heavy atom. The molecule has 2 atom stereocenters. The lowest BCUT2D eigenvalue weighted by molar-refractivity contribution is -0.139. The second kappa shape index (κ2) is 5.32. The highest BCUT2D eigenvalue weighted by Gasteiger charge is 2.26. The van der Waals surface area contributed by atoms with Crippen LogP contribution >= 0.6 is 0 Å². The van der Waals surface area contributed by atoms with Gasteiger partial charge >= 0.3 is 5.97 Å². The van der Waals surface area contributed by atoms with Crippen molar-refractivity contribution in [3.05, 3.63) is 48.2 Å². The Bertz CT molecular complexity index is 375. The summed E-state index contributed by atoms with van der Waals surface area (Å²) >= 11 is 0. The molecule has 0 fully saturated rings. The van der Waals surface area contributed by atoms with Crippen LogP contribution in [-0.4, -0.2) is 22.2 Å². The van der Waals surface area contributed by atoms with Crippen LogP contribution < -0.4 is 5.73 Å². The summed E-state index contributed by atoms with van der Waals surface area (Å²) < 4.78 is 0. The Morgan fingerprint density at radius 3 is 2.31 bits per heavy atom. The molecule has 1 aromatic carbocycles. The first-order chi connectivity index (χ1) is 7.52. The van der Waals surface area contributed by atoms with Gasteiger partial charge in [-0.15, -0.1) is 0 Å². The van der Waals surface area contributed by atoms with E-state index in [4.69, 9.17) is 10.8 Å². The van der Waals surface area contributed by atoms with Gasteiger partial charge in [0.1, 0.15) is 6.04 Å². The standard InChI is InChI=1S/C12H15NO3/c1-8(14)10(11(13)12(15)16)7-9-5-3-2-4-6-9/h2-6,10-11,14H,1,7,13H2,(H,15,16). The molecule has 0 radical (unpaired) electrons. The summed E-state index contributed by atoms with van der Waals surface area (Å²) in [5, 5.41) is 18.2. The molecule has 16 heavy (non-hydrogen) atoms. The number of hydrogen-bond acceptors (Lipinski definition) is 3.